The van der Waals surface area contributed by atoms with Crippen LogP contribution in [0.5, 0.6) is 0 Å². The van der Waals surface area contributed by atoms with Crippen LogP contribution in [0, 0.1) is 0 Å². The summed E-state index contributed by atoms with van der Waals surface area (Å²) in [7, 11) is 1.44. The molecule has 1 fully saturated rings. The summed E-state index contributed by atoms with van der Waals surface area (Å²) in [5.74, 6) is -0.153. The van der Waals surface area contributed by atoms with Gasteiger partial charge in [0.1, 0.15) is 0 Å². The molecule has 0 heterocycles. The summed E-state index contributed by atoms with van der Waals surface area (Å²) in [5, 5.41) is 0. The van der Waals surface area contributed by atoms with Crippen molar-refractivity contribution in [3.8, 4) is 0 Å². The van der Waals surface area contributed by atoms with Crippen LogP contribution in [-0.2, 0) is 9.53 Å². The third-order valence-electron chi connectivity index (χ3n) is 2.31. The zero-order valence-electron chi connectivity index (χ0n) is 6.82. The number of methoxy groups -OCH3 is 1. The fourth-order valence-corrected chi connectivity index (χ4v) is 2.14. The van der Waals surface area contributed by atoms with Gasteiger partial charge in [0.25, 0.3) is 0 Å². The van der Waals surface area contributed by atoms with E-state index < -0.39 is 0 Å². The van der Waals surface area contributed by atoms with Crippen molar-refractivity contribution >= 4 is 21.9 Å². The van der Waals surface area contributed by atoms with E-state index in [9.17, 15) is 4.79 Å². The van der Waals surface area contributed by atoms with Crippen LogP contribution in [0.25, 0.3) is 0 Å². The molecule has 0 spiro atoms. The number of hydrogen-bond acceptors (Lipinski definition) is 2. The van der Waals surface area contributed by atoms with E-state index in [1.54, 1.807) is 0 Å². The molecule has 0 aliphatic heterocycles. The molecule has 0 bridgehead atoms. The highest BCUT2D eigenvalue weighted by atomic mass is 79.9. The Morgan fingerprint density at radius 3 is 2.83 bits per heavy atom. The van der Waals surface area contributed by atoms with E-state index >= 15 is 0 Å². The van der Waals surface area contributed by atoms with Crippen molar-refractivity contribution in [2.75, 3.05) is 7.11 Å². The zero-order chi connectivity index (χ0) is 8.72. The fourth-order valence-electron chi connectivity index (χ4n) is 1.57. The molecule has 2 aliphatic carbocycles. The van der Waals surface area contributed by atoms with Crippen LogP contribution < -0.4 is 0 Å². The van der Waals surface area contributed by atoms with Gasteiger partial charge in [0.15, 0.2) is 0 Å². The second-order valence-corrected chi connectivity index (χ2v) is 3.97. The molecule has 0 amide bonds. The number of rotatable bonds is 1. The lowest BCUT2D eigenvalue weighted by Crippen LogP contribution is -2.06. The summed E-state index contributed by atoms with van der Waals surface area (Å²) >= 11 is 3.49. The van der Waals surface area contributed by atoms with Crippen LogP contribution in [-0.4, -0.2) is 13.1 Å². The first-order valence-electron chi connectivity index (χ1n) is 3.92. The van der Waals surface area contributed by atoms with Crippen molar-refractivity contribution in [2.24, 2.45) is 0 Å². The molecule has 64 valence electrons. The van der Waals surface area contributed by atoms with Crippen molar-refractivity contribution in [1.29, 1.82) is 0 Å². The van der Waals surface area contributed by atoms with Gasteiger partial charge in [0.2, 0.25) is 0 Å². The normalized spacial score (nSPS) is 20.8. The molecule has 0 N–H and O–H groups in total. The van der Waals surface area contributed by atoms with Gasteiger partial charge in [0.05, 0.1) is 7.11 Å². The number of ether oxygens (including phenoxy) is 1. The predicted molar refractivity (Wildman–Crippen MR) is 48.8 cm³/mol. The standard InChI is InChI=1S/C9H9BrO2/c1-12-9(11)5-2-3-8(10)7-4-6(5)7/h2-4H2,1H3. The van der Waals surface area contributed by atoms with Gasteiger partial charge in [-0.3, -0.25) is 0 Å². The molecule has 0 aromatic rings. The second kappa shape index (κ2) is 2.73. The maximum Gasteiger partial charge on any atom is 0.334 e. The Kier molecular flexibility index (Phi) is 1.83. The van der Waals surface area contributed by atoms with E-state index in [1.165, 1.54) is 22.7 Å². The third kappa shape index (κ3) is 1.12. The number of hydrogen-bond donors (Lipinski definition) is 0. The highest BCUT2D eigenvalue weighted by molar-refractivity contribution is 9.11. The summed E-state index contributed by atoms with van der Waals surface area (Å²) in [6.07, 6.45) is 2.75. The van der Waals surface area contributed by atoms with Gasteiger partial charge < -0.3 is 4.74 Å². The minimum Gasteiger partial charge on any atom is -0.466 e. The first-order valence-corrected chi connectivity index (χ1v) is 4.71. The highest BCUT2D eigenvalue weighted by Gasteiger charge is 2.34. The molecule has 2 rings (SSSR count). The molecule has 2 nitrogen and oxygen atoms in total. The summed E-state index contributed by atoms with van der Waals surface area (Å²) in [5.41, 5.74) is 3.41. The molecule has 1 saturated carbocycles. The minimum absolute atomic E-state index is 0.153. The molecule has 12 heavy (non-hydrogen) atoms. The molecule has 2 aliphatic rings. The van der Waals surface area contributed by atoms with Crippen LogP contribution in [0.1, 0.15) is 19.3 Å². The second-order valence-electron chi connectivity index (χ2n) is 3.01. The van der Waals surface area contributed by atoms with Gasteiger partial charge in [-0.25, -0.2) is 4.79 Å². The average molecular weight is 229 g/mol. The van der Waals surface area contributed by atoms with E-state index in [4.69, 9.17) is 0 Å². The molecule has 3 heteroatoms. The number of fused-ring (bicyclic) bond motifs is 1. The van der Waals surface area contributed by atoms with E-state index in [2.05, 4.69) is 20.7 Å². The van der Waals surface area contributed by atoms with Crippen molar-refractivity contribution < 1.29 is 9.53 Å². The average Bonchev–Trinajstić information content (AvgIpc) is 2.84. The monoisotopic (exact) mass is 228 g/mol. The number of allylic oxidation sites excluding steroid dienone is 3. The predicted octanol–water partition coefficient (Wildman–Crippen LogP) is 2.30. The van der Waals surface area contributed by atoms with Crippen molar-refractivity contribution in [2.45, 2.75) is 19.3 Å². The Bertz CT molecular complexity index is 312. The van der Waals surface area contributed by atoms with E-state index in [0.29, 0.717) is 0 Å². The maximum absolute atomic E-state index is 11.2. The summed E-state index contributed by atoms with van der Waals surface area (Å²) in [6, 6.07) is 0. The molecular formula is C9H9BrO2. The number of carbonyl (C=O) groups is 1. The lowest BCUT2D eigenvalue weighted by molar-refractivity contribution is -0.136. The van der Waals surface area contributed by atoms with Crippen LogP contribution >= 0.6 is 15.9 Å². The molecule has 0 saturated heterocycles. The summed E-state index contributed by atoms with van der Waals surface area (Å²) < 4.78 is 5.96. The first kappa shape index (κ1) is 8.05. The Morgan fingerprint density at radius 2 is 2.17 bits per heavy atom. The van der Waals surface area contributed by atoms with Gasteiger partial charge in [0, 0.05) is 5.57 Å². The molecular weight excluding hydrogens is 220 g/mol. The van der Waals surface area contributed by atoms with E-state index in [0.717, 1.165) is 24.8 Å². The summed E-state index contributed by atoms with van der Waals surface area (Å²) in [6.45, 7) is 0. The number of halogens is 1. The van der Waals surface area contributed by atoms with Crippen LogP contribution in [0.3, 0.4) is 0 Å². The largest absolute Gasteiger partial charge is 0.466 e. The number of carbonyl (C=O) groups excluding carboxylic acids is 1. The van der Waals surface area contributed by atoms with Crippen LogP contribution in [0.4, 0.5) is 0 Å². The molecule has 0 radical (unpaired) electrons. The zero-order valence-corrected chi connectivity index (χ0v) is 8.40. The van der Waals surface area contributed by atoms with Gasteiger partial charge in [-0.2, -0.15) is 0 Å². The molecule has 0 aromatic heterocycles. The fraction of sp³-hybridized carbons (Fsp3) is 0.444. The lowest BCUT2D eigenvalue weighted by atomic mass is 10.1. The quantitative estimate of drug-likeness (QED) is 0.645. The molecule has 0 atom stereocenters. The van der Waals surface area contributed by atoms with Gasteiger partial charge in [-0.1, -0.05) is 15.9 Å². The highest BCUT2D eigenvalue weighted by Crippen LogP contribution is 2.49. The smallest absolute Gasteiger partial charge is 0.334 e. The van der Waals surface area contributed by atoms with Gasteiger partial charge >= 0.3 is 5.97 Å². The lowest BCUT2D eigenvalue weighted by Gasteiger charge is -2.07. The Morgan fingerprint density at radius 1 is 1.42 bits per heavy atom. The van der Waals surface area contributed by atoms with Crippen LogP contribution in [0.15, 0.2) is 21.2 Å². The van der Waals surface area contributed by atoms with Gasteiger partial charge in [-0.05, 0) is 34.9 Å². The Balaban J connectivity index is 2.31. The maximum atomic E-state index is 11.2. The van der Waals surface area contributed by atoms with Crippen LogP contribution in [0.2, 0.25) is 0 Å². The number of esters is 1. The Labute approximate surface area is 79.4 Å². The van der Waals surface area contributed by atoms with E-state index in [-0.39, 0.29) is 5.97 Å². The Hall–Kier alpha value is -0.570. The SMILES string of the molecule is COC(=O)C1=C2CC2=C(Br)CC1. The van der Waals surface area contributed by atoms with E-state index in [1.807, 2.05) is 0 Å². The van der Waals surface area contributed by atoms with Crippen molar-refractivity contribution in [3.63, 3.8) is 0 Å². The summed E-state index contributed by atoms with van der Waals surface area (Å²) in [4.78, 5) is 11.2. The minimum atomic E-state index is -0.153. The van der Waals surface area contributed by atoms with Gasteiger partial charge in [-0.15, -0.1) is 0 Å². The van der Waals surface area contributed by atoms with Crippen molar-refractivity contribution in [1.82, 2.24) is 0 Å². The topological polar surface area (TPSA) is 26.3 Å². The first-order chi connectivity index (χ1) is 5.74. The van der Waals surface area contributed by atoms with Crippen molar-refractivity contribution in [3.05, 3.63) is 21.2 Å². The molecule has 0 unspecified atom stereocenters. The molecule has 0 aromatic carbocycles. The third-order valence-corrected chi connectivity index (χ3v) is 3.19.